The Balaban J connectivity index is 1.78. The lowest BCUT2D eigenvalue weighted by Crippen LogP contribution is -2.21. The molecule has 0 saturated heterocycles. The summed E-state index contributed by atoms with van der Waals surface area (Å²) < 4.78 is 11.3. The molecule has 0 aliphatic heterocycles. The van der Waals surface area contributed by atoms with E-state index in [-0.39, 0.29) is 12.1 Å². The molecule has 0 saturated carbocycles. The average molecular weight is 255 g/mol. The fraction of sp³-hybridized carbons (Fsp3) is 0.250. The molecule has 0 amide bonds. The first kappa shape index (κ1) is 12.1. The van der Waals surface area contributed by atoms with E-state index in [1.165, 1.54) is 0 Å². The Labute approximate surface area is 112 Å². The fourth-order valence-electron chi connectivity index (χ4n) is 2.29. The number of para-hydroxylation sites is 1. The van der Waals surface area contributed by atoms with E-state index in [4.69, 9.17) is 8.83 Å². The van der Waals surface area contributed by atoms with Gasteiger partial charge in [0.15, 0.2) is 0 Å². The molecule has 2 heterocycles. The molecule has 0 aliphatic rings. The summed E-state index contributed by atoms with van der Waals surface area (Å²) in [5, 5.41) is 4.61. The first-order valence-electron chi connectivity index (χ1n) is 6.52. The highest BCUT2D eigenvalue weighted by Gasteiger charge is 2.16. The summed E-state index contributed by atoms with van der Waals surface area (Å²) in [6.07, 6.45) is 1.69. The number of furan rings is 2. The zero-order valence-corrected chi connectivity index (χ0v) is 11.1. The van der Waals surface area contributed by atoms with Crippen LogP contribution in [0.4, 0.5) is 0 Å². The first-order valence-corrected chi connectivity index (χ1v) is 6.52. The Morgan fingerprint density at radius 2 is 1.74 bits per heavy atom. The second-order valence-corrected chi connectivity index (χ2v) is 4.81. The molecule has 0 spiro atoms. The van der Waals surface area contributed by atoms with E-state index in [1.54, 1.807) is 6.26 Å². The van der Waals surface area contributed by atoms with Crippen molar-refractivity contribution in [2.24, 2.45) is 0 Å². The standard InChI is InChI=1S/C16H17NO2/c1-11(14-8-5-9-18-14)17-12(2)16-10-13-6-3-4-7-15(13)19-16/h3-12,17H,1-2H3. The van der Waals surface area contributed by atoms with Crippen LogP contribution in [0.3, 0.4) is 0 Å². The molecule has 3 rings (SSSR count). The highest BCUT2D eigenvalue weighted by Crippen LogP contribution is 2.25. The van der Waals surface area contributed by atoms with Gasteiger partial charge in [0.05, 0.1) is 18.3 Å². The minimum absolute atomic E-state index is 0.132. The fourth-order valence-corrected chi connectivity index (χ4v) is 2.29. The van der Waals surface area contributed by atoms with Crippen molar-refractivity contribution in [3.63, 3.8) is 0 Å². The molecule has 2 atom stereocenters. The second-order valence-electron chi connectivity index (χ2n) is 4.81. The van der Waals surface area contributed by atoms with Gasteiger partial charge in [-0.3, -0.25) is 5.32 Å². The normalized spacial score (nSPS) is 14.6. The van der Waals surface area contributed by atoms with Crippen LogP contribution in [0.25, 0.3) is 11.0 Å². The van der Waals surface area contributed by atoms with Crippen molar-refractivity contribution < 1.29 is 8.83 Å². The topological polar surface area (TPSA) is 38.3 Å². The van der Waals surface area contributed by atoms with Crippen molar-refractivity contribution in [1.29, 1.82) is 0 Å². The smallest absolute Gasteiger partial charge is 0.134 e. The number of nitrogens with one attached hydrogen (secondary N) is 1. The Morgan fingerprint density at radius 1 is 0.947 bits per heavy atom. The van der Waals surface area contributed by atoms with Gasteiger partial charge >= 0.3 is 0 Å². The predicted octanol–water partition coefficient (Wildman–Crippen LogP) is 4.44. The summed E-state index contributed by atoms with van der Waals surface area (Å²) in [6.45, 7) is 4.18. The quantitative estimate of drug-likeness (QED) is 0.749. The third-order valence-corrected chi connectivity index (χ3v) is 3.34. The maximum atomic E-state index is 5.85. The number of hydrogen-bond acceptors (Lipinski definition) is 3. The van der Waals surface area contributed by atoms with E-state index in [1.807, 2.05) is 30.3 Å². The maximum Gasteiger partial charge on any atom is 0.134 e. The third kappa shape index (κ3) is 2.42. The summed E-state index contributed by atoms with van der Waals surface area (Å²) in [6, 6.07) is 14.3. The van der Waals surface area contributed by atoms with Crippen LogP contribution >= 0.6 is 0 Å². The lowest BCUT2D eigenvalue weighted by Gasteiger charge is -2.16. The molecule has 0 bridgehead atoms. The zero-order chi connectivity index (χ0) is 13.2. The predicted molar refractivity (Wildman–Crippen MR) is 74.9 cm³/mol. The molecule has 0 radical (unpaired) electrons. The van der Waals surface area contributed by atoms with E-state index >= 15 is 0 Å². The molecule has 0 fully saturated rings. The number of fused-ring (bicyclic) bond motifs is 1. The summed E-state index contributed by atoms with van der Waals surface area (Å²) in [7, 11) is 0. The highest BCUT2D eigenvalue weighted by molar-refractivity contribution is 5.77. The van der Waals surface area contributed by atoms with Gasteiger partial charge in [0.1, 0.15) is 17.1 Å². The van der Waals surface area contributed by atoms with Gasteiger partial charge in [0.25, 0.3) is 0 Å². The van der Waals surface area contributed by atoms with E-state index in [0.717, 1.165) is 22.5 Å². The minimum atomic E-state index is 0.132. The van der Waals surface area contributed by atoms with Crippen LogP contribution in [0.2, 0.25) is 0 Å². The van der Waals surface area contributed by atoms with Crippen molar-refractivity contribution >= 4 is 11.0 Å². The van der Waals surface area contributed by atoms with E-state index < -0.39 is 0 Å². The van der Waals surface area contributed by atoms with E-state index in [0.29, 0.717) is 0 Å². The van der Waals surface area contributed by atoms with Gasteiger partial charge in [-0.15, -0.1) is 0 Å². The number of hydrogen-bond donors (Lipinski definition) is 1. The number of benzene rings is 1. The van der Waals surface area contributed by atoms with Crippen molar-refractivity contribution in [3.8, 4) is 0 Å². The van der Waals surface area contributed by atoms with Crippen molar-refractivity contribution in [2.75, 3.05) is 0 Å². The molecule has 3 nitrogen and oxygen atoms in total. The molecule has 2 unspecified atom stereocenters. The van der Waals surface area contributed by atoms with Crippen molar-refractivity contribution in [3.05, 3.63) is 60.2 Å². The largest absolute Gasteiger partial charge is 0.468 e. The van der Waals surface area contributed by atoms with Gasteiger partial charge in [0, 0.05) is 5.39 Å². The molecular formula is C16H17NO2. The summed E-state index contributed by atoms with van der Waals surface area (Å²) in [5.74, 6) is 1.88. The monoisotopic (exact) mass is 255 g/mol. The Bertz CT molecular complexity index is 621. The van der Waals surface area contributed by atoms with Gasteiger partial charge in [0.2, 0.25) is 0 Å². The van der Waals surface area contributed by atoms with Gasteiger partial charge in [-0.1, -0.05) is 18.2 Å². The molecule has 98 valence electrons. The molecule has 0 aliphatic carbocycles. The maximum absolute atomic E-state index is 5.85. The highest BCUT2D eigenvalue weighted by atomic mass is 16.3. The van der Waals surface area contributed by atoms with Crippen LogP contribution < -0.4 is 5.32 Å². The molecule has 1 N–H and O–H groups in total. The number of rotatable bonds is 4. The van der Waals surface area contributed by atoms with Crippen LogP contribution in [0, 0.1) is 0 Å². The average Bonchev–Trinajstić information content (AvgIpc) is 3.07. The van der Waals surface area contributed by atoms with Crippen LogP contribution in [0.1, 0.15) is 37.5 Å². The van der Waals surface area contributed by atoms with Crippen molar-refractivity contribution in [2.45, 2.75) is 25.9 Å². The molecule has 3 heteroatoms. The van der Waals surface area contributed by atoms with Gasteiger partial charge in [-0.2, -0.15) is 0 Å². The summed E-state index contributed by atoms with van der Waals surface area (Å²) in [5.41, 5.74) is 0.928. The summed E-state index contributed by atoms with van der Waals surface area (Å²) >= 11 is 0. The lowest BCUT2D eigenvalue weighted by molar-refractivity contribution is 0.373. The Morgan fingerprint density at radius 3 is 2.47 bits per heavy atom. The van der Waals surface area contributed by atoms with Crippen LogP contribution in [0.5, 0.6) is 0 Å². The van der Waals surface area contributed by atoms with Gasteiger partial charge in [-0.25, -0.2) is 0 Å². The molecule has 2 aromatic heterocycles. The molecular weight excluding hydrogens is 238 g/mol. The Hall–Kier alpha value is -2.00. The van der Waals surface area contributed by atoms with E-state index in [2.05, 4.69) is 31.3 Å². The molecule has 3 aromatic rings. The van der Waals surface area contributed by atoms with E-state index in [9.17, 15) is 0 Å². The lowest BCUT2D eigenvalue weighted by atomic mass is 10.2. The van der Waals surface area contributed by atoms with Gasteiger partial charge < -0.3 is 8.83 Å². The Kier molecular flexibility index (Phi) is 3.13. The zero-order valence-electron chi connectivity index (χ0n) is 11.1. The third-order valence-electron chi connectivity index (χ3n) is 3.34. The minimum Gasteiger partial charge on any atom is -0.468 e. The second kappa shape index (κ2) is 4.94. The summed E-state index contributed by atoms with van der Waals surface area (Å²) in [4.78, 5) is 0. The van der Waals surface area contributed by atoms with Crippen LogP contribution in [-0.4, -0.2) is 0 Å². The molecule has 19 heavy (non-hydrogen) atoms. The van der Waals surface area contributed by atoms with Gasteiger partial charge in [-0.05, 0) is 38.1 Å². The molecule has 1 aromatic carbocycles. The van der Waals surface area contributed by atoms with Crippen LogP contribution in [0.15, 0.2) is 57.6 Å². The van der Waals surface area contributed by atoms with Crippen molar-refractivity contribution in [1.82, 2.24) is 5.32 Å². The van der Waals surface area contributed by atoms with Crippen LogP contribution in [-0.2, 0) is 0 Å². The first-order chi connectivity index (χ1) is 9.24. The SMILES string of the molecule is CC(NC(C)c1cc2ccccc2o1)c1ccco1.